The Morgan fingerprint density at radius 1 is 0.435 bits per heavy atom. The summed E-state index contributed by atoms with van der Waals surface area (Å²) in [5.74, 6) is 0. The molecule has 0 amide bonds. The maximum absolute atomic E-state index is 5.20. The van der Waals surface area contributed by atoms with Crippen molar-refractivity contribution < 1.29 is 0 Å². The van der Waals surface area contributed by atoms with Gasteiger partial charge in [0.05, 0.1) is 45.4 Å². The molecule has 4 nitrogen and oxygen atoms in total. The Kier molecular flexibility index (Phi) is 6.17. The van der Waals surface area contributed by atoms with E-state index in [1.165, 1.54) is 5.56 Å². The second kappa shape index (κ2) is 10.8. The highest BCUT2D eigenvalue weighted by Gasteiger charge is 2.19. The zero-order valence-corrected chi connectivity index (χ0v) is 24.9. The number of pyridine rings is 3. The molecule has 0 saturated carbocycles. The van der Waals surface area contributed by atoms with Crippen molar-refractivity contribution in [3.05, 3.63) is 163 Å². The summed E-state index contributed by atoms with van der Waals surface area (Å²) in [5.41, 5.74) is 12.3. The zero-order valence-electron chi connectivity index (χ0n) is 24.9. The number of benzene rings is 5. The van der Waals surface area contributed by atoms with E-state index in [1.807, 2.05) is 24.3 Å². The highest BCUT2D eigenvalue weighted by Crippen LogP contribution is 2.37. The third-order valence-electron chi connectivity index (χ3n) is 8.86. The van der Waals surface area contributed by atoms with Crippen LogP contribution in [0.15, 0.2) is 152 Å². The summed E-state index contributed by atoms with van der Waals surface area (Å²) >= 11 is 0. The molecule has 9 rings (SSSR count). The van der Waals surface area contributed by atoms with E-state index in [9.17, 15) is 0 Å². The Hall–Kier alpha value is -6.13. The Balaban J connectivity index is 1.09. The molecule has 4 heterocycles. The largest absolute Gasteiger partial charge is 0.372 e. The number of fused-ring (bicyclic) bond motifs is 6. The van der Waals surface area contributed by atoms with E-state index in [0.717, 1.165) is 77.7 Å². The van der Waals surface area contributed by atoms with E-state index >= 15 is 0 Å². The quantitative estimate of drug-likeness (QED) is 0.208. The van der Waals surface area contributed by atoms with Crippen LogP contribution in [0, 0.1) is 0 Å². The van der Waals surface area contributed by atoms with Crippen LogP contribution in [0.4, 0.5) is 5.69 Å². The second-order valence-electron chi connectivity index (χ2n) is 11.7. The highest BCUT2D eigenvalue weighted by atomic mass is 14.9. The van der Waals surface area contributed by atoms with Crippen molar-refractivity contribution in [3.8, 4) is 33.8 Å². The van der Waals surface area contributed by atoms with Gasteiger partial charge in [-0.2, -0.15) is 0 Å². The monoisotopic (exact) mass is 588 g/mol. The Bertz CT molecular complexity index is 2450. The molecule has 5 aromatic carbocycles. The topological polar surface area (TPSA) is 50.7 Å². The van der Waals surface area contributed by atoms with Crippen molar-refractivity contribution in [2.45, 2.75) is 6.04 Å². The molecule has 3 aromatic heterocycles. The minimum absolute atomic E-state index is 0.00313. The molecule has 0 spiro atoms. The van der Waals surface area contributed by atoms with Crippen molar-refractivity contribution in [3.63, 3.8) is 0 Å². The fourth-order valence-electron chi connectivity index (χ4n) is 6.45. The van der Waals surface area contributed by atoms with E-state index in [2.05, 4.69) is 139 Å². The molecule has 1 aliphatic heterocycles. The van der Waals surface area contributed by atoms with Crippen LogP contribution < -0.4 is 5.32 Å². The lowest BCUT2D eigenvalue weighted by atomic mass is 9.96. The van der Waals surface area contributed by atoms with Gasteiger partial charge in [0.25, 0.3) is 0 Å². The van der Waals surface area contributed by atoms with Gasteiger partial charge in [-0.3, -0.25) is 0 Å². The van der Waals surface area contributed by atoms with Crippen molar-refractivity contribution in [1.82, 2.24) is 15.0 Å². The van der Waals surface area contributed by atoms with Gasteiger partial charge < -0.3 is 5.32 Å². The molecule has 4 heteroatoms. The average molecular weight is 589 g/mol. The van der Waals surface area contributed by atoms with Gasteiger partial charge in [-0.15, -0.1) is 0 Å². The normalized spacial score (nSPS) is 14.0. The first-order valence-corrected chi connectivity index (χ1v) is 15.6. The van der Waals surface area contributed by atoms with Gasteiger partial charge in [0.15, 0.2) is 0 Å². The fourth-order valence-corrected chi connectivity index (χ4v) is 6.45. The number of hydrogen-bond acceptors (Lipinski definition) is 4. The molecular formula is C42H28N4. The standard InChI is InChI=1S/C42H28N4/c1-3-8-27(9-4-1)35-22-18-29-14-16-31-20-24-37(45-41(31)39(29)43-35)33-12-7-13-34(26-33)38-25-21-32-17-15-30-19-23-36(28-10-5-2-6-11-28)44-40(30)42(32)46-38/h1-26,37,45H. The van der Waals surface area contributed by atoms with E-state index in [1.54, 1.807) is 0 Å². The lowest BCUT2D eigenvalue weighted by molar-refractivity contribution is 0.981. The molecule has 0 bridgehead atoms. The summed E-state index contributed by atoms with van der Waals surface area (Å²) in [4.78, 5) is 15.4. The predicted molar refractivity (Wildman–Crippen MR) is 190 cm³/mol. The number of rotatable bonds is 4. The van der Waals surface area contributed by atoms with Crippen molar-refractivity contribution in [1.29, 1.82) is 0 Å². The SMILES string of the molecule is C1=CC(c2cccc(-c3ccc4ccc5ccc(-c6ccccc6)nc5c4n3)c2)Nc2c1ccc1ccc(-c3ccccc3)nc21. The molecule has 1 atom stereocenters. The van der Waals surface area contributed by atoms with E-state index in [-0.39, 0.29) is 6.04 Å². The van der Waals surface area contributed by atoms with Crippen molar-refractivity contribution in [2.75, 3.05) is 5.32 Å². The number of nitrogens with zero attached hydrogens (tertiary/aromatic N) is 3. The van der Waals surface area contributed by atoms with Gasteiger partial charge in [0, 0.05) is 32.8 Å². The van der Waals surface area contributed by atoms with Crippen LogP contribution in [0.1, 0.15) is 17.2 Å². The number of nitrogens with one attached hydrogen (secondary N) is 1. The first kappa shape index (κ1) is 26.3. The van der Waals surface area contributed by atoms with Gasteiger partial charge in [-0.25, -0.2) is 15.0 Å². The Labute approximate surface area is 266 Å². The second-order valence-corrected chi connectivity index (χ2v) is 11.7. The molecular weight excluding hydrogens is 560 g/mol. The van der Waals surface area contributed by atoms with Crippen LogP contribution in [-0.4, -0.2) is 15.0 Å². The number of aromatic nitrogens is 3. The summed E-state index contributed by atoms with van der Waals surface area (Å²) in [6.45, 7) is 0. The smallest absolute Gasteiger partial charge is 0.0972 e. The Morgan fingerprint density at radius 3 is 1.57 bits per heavy atom. The predicted octanol–water partition coefficient (Wildman–Crippen LogP) is 10.5. The summed E-state index contributed by atoms with van der Waals surface area (Å²) in [7, 11) is 0. The first-order chi connectivity index (χ1) is 22.8. The van der Waals surface area contributed by atoms with Crippen LogP contribution >= 0.6 is 0 Å². The van der Waals surface area contributed by atoms with E-state index < -0.39 is 0 Å². The highest BCUT2D eigenvalue weighted by molar-refractivity contribution is 6.04. The van der Waals surface area contributed by atoms with E-state index in [0.29, 0.717) is 0 Å². The van der Waals surface area contributed by atoms with Crippen LogP contribution in [0.5, 0.6) is 0 Å². The maximum Gasteiger partial charge on any atom is 0.0972 e. The average Bonchev–Trinajstić information content (AvgIpc) is 3.14. The molecule has 0 saturated heterocycles. The van der Waals surface area contributed by atoms with Gasteiger partial charge in [0.2, 0.25) is 0 Å². The molecule has 1 aliphatic rings. The molecule has 46 heavy (non-hydrogen) atoms. The number of anilines is 1. The first-order valence-electron chi connectivity index (χ1n) is 15.6. The summed E-state index contributed by atoms with van der Waals surface area (Å²) < 4.78 is 0. The molecule has 0 fully saturated rings. The molecule has 1 N–H and O–H groups in total. The maximum atomic E-state index is 5.20. The summed E-state index contributed by atoms with van der Waals surface area (Å²) in [6.07, 6.45) is 4.43. The van der Waals surface area contributed by atoms with Gasteiger partial charge in [-0.1, -0.05) is 133 Å². The summed E-state index contributed by atoms with van der Waals surface area (Å²) in [6, 6.07) is 50.6. The van der Waals surface area contributed by atoms with Gasteiger partial charge in [-0.05, 0) is 35.4 Å². The lowest BCUT2D eigenvalue weighted by Gasteiger charge is -2.24. The zero-order chi connectivity index (χ0) is 30.5. The minimum Gasteiger partial charge on any atom is -0.372 e. The van der Waals surface area contributed by atoms with Crippen LogP contribution in [0.2, 0.25) is 0 Å². The van der Waals surface area contributed by atoms with Gasteiger partial charge >= 0.3 is 0 Å². The third-order valence-corrected chi connectivity index (χ3v) is 8.86. The van der Waals surface area contributed by atoms with Crippen molar-refractivity contribution >= 4 is 44.5 Å². The molecule has 8 aromatic rings. The number of hydrogen-bond donors (Lipinski definition) is 1. The fraction of sp³-hybridized carbons (Fsp3) is 0.0238. The lowest BCUT2D eigenvalue weighted by Crippen LogP contribution is -2.13. The van der Waals surface area contributed by atoms with Crippen LogP contribution in [0.3, 0.4) is 0 Å². The third kappa shape index (κ3) is 4.59. The van der Waals surface area contributed by atoms with E-state index in [4.69, 9.17) is 15.0 Å². The van der Waals surface area contributed by atoms with Crippen LogP contribution in [0.25, 0.3) is 72.6 Å². The molecule has 1 unspecified atom stereocenters. The summed E-state index contributed by atoms with van der Waals surface area (Å²) in [5, 5.41) is 7.08. The minimum atomic E-state index is -0.00313. The van der Waals surface area contributed by atoms with Crippen molar-refractivity contribution in [2.24, 2.45) is 0 Å². The molecule has 0 radical (unpaired) electrons. The molecule has 0 aliphatic carbocycles. The van der Waals surface area contributed by atoms with Gasteiger partial charge in [0.1, 0.15) is 0 Å². The molecule has 216 valence electrons. The van der Waals surface area contributed by atoms with Crippen LogP contribution in [-0.2, 0) is 0 Å². The Morgan fingerprint density at radius 2 is 0.935 bits per heavy atom.